The quantitative estimate of drug-likeness (QED) is 0.628. The minimum absolute atomic E-state index is 0.281. The molecule has 1 aromatic rings. The Kier molecular flexibility index (Phi) is 5.15. The molecule has 0 radical (unpaired) electrons. The molecule has 3 heteroatoms. The number of hydrogen-bond acceptors (Lipinski definition) is 2. The van der Waals surface area contributed by atoms with E-state index >= 15 is 0 Å². The van der Waals surface area contributed by atoms with Gasteiger partial charge in [-0.05, 0) is 24.1 Å². The van der Waals surface area contributed by atoms with Crippen molar-refractivity contribution in [2.24, 2.45) is 5.84 Å². The number of rotatable bonds is 5. The lowest BCUT2D eigenvalue weighted by Crippen LogP contribution is -2.27. The third-order valence-corrected chi connectivity index (χ3v) is 2.85. The van der Waals surface area contributed by atoms with E-state index in [1.807, 2.05) is 12.1 Å². The molecule has 3 N–H and O–H groups in total. The van der Waals surface area contributed by atoms with Crippen LogP contribution in [0.1, 0.15) is 37.8 Å². The Hall–Kier alpha value is -0.380. The zero-order chi connectivity index (χ0) is 10.4. The van der Waals surface area contributed by atoms with Gasteiger partial charge in [0.15, 0.2) is 0 Å². The van der Waals surface area contributed by atoms with Gasteiger partial charge < -0.3 is 0 Å². The standard InChI is InChI=1S/C11H17BrN2/c1-2-3-4-11(14-13)9-5-7-10(12)8-6-9/h5-8,11,14H,2-4,13H2,1H3. The van der Waals surface area contributed by atoms with Crippen molar-refractivity contribution in [1.82, 2.24) is 5.43 Å². The molecule has 0 saturated heterocycles. The van der Waals surface area contributed by atoms with Gasteiger partial charge in [-0.25, -0.2) is 0 Å². The van der Waals surface area contributed by atoms with Gasteiger partial charge >= 0.3 is 0 Å². The van der Waals surface area contributed by atoms with Gasteiger partial charge in [-0.1, -0.05) is 47.8 Å². The van der Waals surface area contributed by atoms with Gasteiger partial charge in [-0.15, -0.1) is 0 Å². The normalized spacial score (nSPS) is 12.8. The number of unbranched alkanes of at least 4 members (excludes halogenated alkanes) is 1. The first-order chi connectivity index (χ1) is 6.77. The number of hydrazine groups is 1. The number of nitrogens with two attached hydrogens (primary N) is 1. The molecule has 0 saturated carbocycles. The average Bonchev–Trinajstić information content (AvgIpc) is 2.21. The maximum Gasteiger partial charge on any atom is 0.0460 e. The highest BCUT2D eigenvalue weighted by molar-refractivity contribution is 9.10. The van der Waals surface area contributed by atoms with Crippen LogP contribution in [0.25, 0.3) is 0 Å². The fraction of sp³-hybridized carbons (Fsp3) is 0.455. The predicted molar refractivity (Wildman–Crippen MR) is 63.7 cm³/mol. The van der Waals surface area contributed by atoms with E-state index in [1.54, 1.807) is 0 Å². The Morgan fingerprint density at radius 2 is 2.00 bits per heavy atom. The van der Waals surface area contributed by atoms with Gasteiger partial charge in [0.25, 0.3) is 0 Å². The van der Waals surface area contributed by atoms with Crippen LogP contribution in [-0.2, 0) is 0 Å². The van der Waals surface area contributed by atoms with Gasteiger partial charge in [0.2, 0.25) is 0 Å². The molecule has 0 amide bonds. The van der Waals surface area contributed by atoms with Gasteiger partial charge in [0.05, 0.1) is 0 Å². The fourth-order valence-corrected chi connectivity index (χ4v) is 1.71. The average molecular weight is 257 g/mol. The fourth-order valence-electron chi connectivity index (χ4n) is 1.45. The Balaban J connectivity index is 2.64. The summed E-state index contributed by atoms with van der Waals surface area (Å²) in [6.07, 6.45) is 3.49. The lowest BCUT2D eigenvalue weighted by molar-refractivity contribution is 0.495. The van der Waals surface area contributed by atoms with Crippen LogP contribution in [0.5, 0.6) is 0 Å². The maximum atomic E-state index is 5.52. The molecule has 0 heterocycles. The first-order valence-electron chi connectivity index (χ1n) is 4.99. The van der Waals surface area contributed by atoms with Crippen LogP contribution < -0.4 is 11.3 Å². The van der Waals surface area contributed by atoms with Crippen LogP contribution in [-0.4, -0.2) is 0 Å². The monoisotopic (exact) mass is 256 g/mol. The molecule has 0 fully saturated rings. The summed E-state index contributed by atoms with van der Waals surface area (Å²) in [7, 11) is 0. The Morgan fingerprint density at radius 3 is 2.50 bits per heavy atom. The van der Waals surface area contributed by atoms with Crippen LogP contribution in [0.4, 0.5) is 0 Å². The number of nitrogens with one attached hydrogen (secondary N) is 1. The van der Waals surface area contributed by atoms with E-state index in [1.165, 1.54) is 18.4 Å². The Bertz CT molecular complexity index is 258. The lowest BCUT2D eigenvalue weighted by atomic mass is 10.0. The Morgan fingerprint density at radius 1 is 1.36 bits per heavy atom. The van der Waals surface area contributed by atoms with E-state index in [4.69, 9.17) is 5.84 Å². The van der Waals surface area contributed by atoms with Crippen molar-refractivity contribution in [3.05, 3.63) is 34.3 Å². The lowest BCUT2D eigenvalue weighted by Gasteiger charge is -2.15. The van der Waals surface area contributed by atoms with Crippen molar-refractivity contribution in [2.45, 2.75) is 32.2 Å². The highest BCUT2D eigenvalue weighted by atomic mass is 79.9. The van der Waals surface area contributed by atoms with E-state index < -0.39 is 0 Å². The molecule has 1 unspecified atom stereocenters. The summed E-state index contributed by atoms with van der Waals surface area (Å²) in [4.78, 5) is 0. The van der Waals surface area contributed by atoms with Gasteiger partial charge in [0.1, 0.15) is 0 Å². The minimum atomic E-state index is 0.281. The third kappa shape index (κ3) is 3.40. The van der Waals surface area contributed by atoms with Crippen molar-refractivity contribution in [3.8, 4) is 0 Å². The summed E-state index contributed by atoms with van der Waals surface area (Å²) in [5, 5.41) is 0. The van der Waals surface area contributed by atoms with Crippen molar-refractivity contribution in [3.63, 3.8) is 0 Å². The second-order valence-electron chi connectivity index (χ2n) is 3.41. The highest BCUT2D eigenvalue weighted by Crippen LogP contribution is 2.20. The molecule has 0 aliphatic carbocycles. The molecule has 0 bridgehead atoms. The number of benzene rings is 1. The summed E-state index contributed by atoms with van der Waals surface area (Å²) in [6.45, 7) is 2.19. The van der Waals surface area contributed by atoms with Crippen LogP contribution in [0.2, 0.25) is 0 Å². The van der Waals surface area contributed by atoms with Crippen LogP contribution in [0.3, 0.4) is 0 Å². The summed E-state index contributed by atoms with van der Waals surface area (Å²) >= 11 is 3.42. The van der Waals surface area contributed by atoms with Crippen molar-refractivity contribution >= 4 is 15.9 Å². The molecule has 0 spiro atoms. The minimum Gasteiger partial charge on any atom is -0.271 e. The van der Waals surface area contributed by atoms with E-state index in [0.717, 1.165) is 10.9 Å². The van der Waals surface area contributed by atoms with Gasteiger partial charge in [0, 0.05) is 10.5 Å². The van der Waals surface area contributed by atoms with Crippen LogP contribution >= 0.6 is 15.9 Å². The molecule has 0 aromatic heterocycles. The first kappa shape index (κ1) is 11.7. The van der Waals surface area contributed by atoms with E-state index in [2.05, 4.69) is 40.4 Å². The molecule has 14 heavy (non-hydrogen) atoms. The molecule has 0 aliphatic heterocycles. The zero-order valence-electron chi connectivity index (χ0n) is 8.46. The summed E-state index contributed by atoms with van der Waals surface area (Å²) in [5.74, 6) is 5.52. The number of hydrogen-bond donors (Lipinski definition) is 2. The highest BCUT2D eigenvalue weighted by Gasteiger charge is 2.07. The van der Waals surface area contributed by atoms with Crippen LogP contribution in [0.15, 0.2) is 28.7 Å². The van der Waals surface area contributed by atoms with Crippen molar-refractivity contribution in [1.29, 1.82) is 0 Å². The van der Waals surface area contributed by atoms with Gasteiger partial charge in [-0.2, -0.15) is 0 Å². The smallest absolute Gasteiger partial charge is 0.0460 e. The van der Waals surface area contributed by atoms with E-state index in [9.17, 15) is 0 Å². The zero-order valence-corrected chi connectivity index (χ0v) is 10.0. The second kappa shape index (κ2) is 6.17. The molecule has 2 nitrogen and oxygen atoms in total. The number of halogens is 1. The van der Waals surface area contributed by atoms with E-state index in [-0.39, 0.29) is 6.04 Å². The molecule has 0 aliphatic rings. The summed E-state index contributed by atoms with van der Waals surface area (Å²) in [5.41, 5.74) is 4.11. The van der Waals surface area contributed by atoms with Crippen molar-refractivity contribution in [2.75, 3.05) is 0 Å². The molecular formula is C11H17BrN2. The molecule has 1 aromatic carbocycles. The SMILES string of the molecule is CCCCC(NN)c1ccc(Br)cc1. The molecular weight excluding hydrogens is 240 g/mol. The molecule has 1 atom stereocenters. The summed E-state index contributed by atoms with van der Waals surface area (Å²) in [6, 6.07) is 8.58. The first-order valence-corrected chi connectivity index (χ1v) is 5.78. The maximum absolute atomic E-state index is 5.52. The Labute approximate surface area is 94.0 Å². The van der Waals surface area contributed by atoms with Crippen LogP contribution in [0, 0.1) is 0 Å². The third-order valence-electron chi connectivity index (χ3n) is 2.32. The summed E-state index contributed by atoms with van der Waals surface area (Å²) < 4.78 is 1.10. The van der Waals surface area contributed by atoms with E-state index in [0.29, 0.717) is 0 Å². The topological polar surface area (TPSA) is 38.0 Å². The predicted octanol–water partition coefficient (Wildman–Crippen LogP) is 3.14. The van der Waals surface area contributed by atoms with Crippen molar-refractivity contribution < 1.29 is 0 Å². The molecule has 78 valence electrons. The molecule has 1 rings (SSSR count). The largest absolute Gasteiger partial charge is 0.271 e. The second-order valence-corrected chi connectivity index (χ2v) is 4.33. The van der Waals surface area contributed by atoms with Gasteiger partial charge in [-0.3, -0.25) is 11.3 Å².